The molecule has 3 aromatic carbocycles. The van der Waals surface area contributed by atoms with Crippen molar-refractivity contribution in [2.75, 3.05) is 26.2 Å². The number of hydrogen-bond acceptors (Lipinski definition) is 4. The standard InChI is InChI=1S/C36H42N4O2/c1-4-31(26-16-9-7-10-17-26)38-35(41)33-29-21-13-14-22-32(29)37-34(27-18-11-8-12-19-27)30(33)25-39-23-15-20-28(24-39)36(42)40(5-2)6-3/h7-14,16-19,21-22,28,31H,4-6,15,20,23-25H2,1-3H3,(H,38,41)/t28?,31-/m0/s1. The SMILES string of the molecule is CC[C@H](NC(=O)c1c(CN2CCCC(C(=O)N(CC)CC)C2)c(-c2ccccc2)nc2ccccc12)c1ccccc1. The van der Waals surface area contributed by atoms with Crippen molar-refractivity contribution in [1.82, 2.24) is 20.1 Å². The number of rotatable bonds is 10. The number of pyridine rings is 1. The number of piperidine rings is 1. The summed E-state index contributed by atoms with van der Waals surface area (Å²) in [6.45, 7) is 9.74. The fourth-order valence-electron chi connectivity index (χ4n) is 6.25. The molecule has 0 radical (unpaired) electrons. The van der Waals surface area contributed by atoms with Crippen LogP contribution in [0, 0.1) is 5.92 Å². The minimum atomic E-state index is -0.107. The van der Waals surface area contributed by atoms with Gasteiger partial charge in [-0.2, -0.15) is 0 Å². The van der Waals surface area contributed by atoms with E-state index < -0.39 is 0 Å². The third-order valence-electron chi connectivity index (χ3n) is 8.49. The summed E-state index contributed by atoms with van der Waals surface area (Å²) >= 11 is 0. The number of fused-ring (bicyclic) bond motifs is 1. The Bertz CT molecular complexity index is 1500. The fraction of sp³-hybridized carbons (Fsp3) is 0.361. The molecule has 4 aromatic rings. The molecular weight excluding hydrogens is 520 g/mol. The third-order valence-corrected chi connectivity index (χ3v) is 8.49. The van der Waals surface area contributed by atoms with E-state index in [0.29, 0.717) is 18.7 Å². The summed E-state index contributed by atoms with van der Waals surface area (Å²) in [7, 11) is 0. The van der Waals surface area contributed by atoms with Gasteiger partial charge < -0.3 is 10.2 Å². The highest BCUT2D eigenvalue weighted by atomic mass is 16.2. The van der Waals surface area contributed by atoms with Crippen molar-refractivity contribution in [1.29, 1.82) is 0 Å². The number of benzene rings is 3. The molecule has 2 amide bonds. The molecule has 218 valence electrons. The number of nitrogens with one attached hydrogen (secondary N) is 1. The van der Waals surface area contributed by atoms with Gasteiger partial charge >= 0.3 is 0 Å². The van der Waals surface area contributed by atoms with Gasteiger partial charge in [0.25, 0.3) is 5.91 Å². The van der Waals surface area contributed by atoms with Crippen LogP contribution in [0.1, 0.15) is 67.6 Å². The van der Waals surface area contributed by atoms with Gasteiger partial charge in [0.1, 0.15) is 0 Å². The first-order valence-electron chi connectivity index (χ1n) is 15.4. The second-order valence-electron chi connectivity index (χ2n) is 11.1. The van der Waals surface area contributed by atoms with Crippen molar-refractivity contribution in [3.8, 4) is 11.3 Å². The topological polar surface area (TPSA) is 65.5 Å². The van der Waals surface area contributed by atoms with Crippen LogP contribution in [0.2, 0.25) is 0 Å². The van der Waals surface area contributed by atoms with Gasteiger partial charge in [-0.25, -0.2) is 4.98 Å². The molecule has 6 heteroatoms. The van der Waals surface area contributed by atoms with Crippen LogP contribution in [0.3, 0.4) is 0 Å². The summed E-state index contributed by atoms with van der Waals surface area (Å²) in [5.41, 5.74) is 5.28. The van der Waals surface area contributed by atoms with Crippen LogP contribution >= 0.6 is 0 Å². The Morgan fingerprint density at radius 1 is 0.929 bits per heavy atom. The predicted octanol–water partition coefficient (Wildman–Crippen LogP) is 6.86. The van der Waals surface area contributed by atoms with Crippen molar-refractivity contribution in [2.45, 2.75) is 52.6 Å². The normalized spacial score (nSPS) is 16.2. The Labute approximate surface area is 249 Å². The average molecular weight is 563 g/mol. The first-order valence-corrected chi connectivity index (χ1v) is 15.4. The Kier molecular flexibility index (Phi) is 9.65. The highest BCUT2D eigenvalue weighted by Crippen LogP contribution is 2.33. The number of aromatic nitrogens is 1. The molecule has 1 unspecified atom stereocenters. The number of carbonyl (C=O) groups excluding carboxylic acids is 2. The van der Waals surface area contributed by atoms with Gasteiger partial charge in [-0.1, -0.05) is 85.8 Å². The Morgan fingerprint density at radius 2 is 1.60 bits per heavy atom. The summed E-state index contributed by atoms with van der Waals surface area (Å²) in [6.07, 6.45) is 2.63. The van der Waals surface area contributed by atoms with E-state index in [0.717, 1.165) is 72.2 Å². The van der Waals surface area contributed by atoms with Gasteiger partial charge in [0.2, 0.25) is 5.91 Å². The molecule has 2 heterocycles. The van der Waals surface area contributed by atoms with Gasteiger partial charge in [-0.3, -0.25) is 14.5 Å². The van der Waals surface area contributed by atoms with Crippen LogP contribution in [0.25, 0.3) is 22.2 Å². The van der Waals surface area contributed by atoms with E-state index in [9.17, 15) is 9.59 Å². The molecule has 2 atom stereocenters. The molecule has 1 aliphatic rings. The number of amides is 2. The number of nitrogens with zero attached hydrogens (tertiary/aromatic N) is 3. The summed E-state index contributed by atoms with van der Waals surface area (Å²) in [5, 5.41) is 4.21. The summed E-state index contributed by atoms with van der Waals surface area (Å²) < 4.78 is 0. The van der Waals surface area contributed by atoms with Crippen LogP contribution in [-0.4, -0.2) is 52.8 Å². The minimum Gasteiger partial charge on any atom is -0.345 e. The number of carbonyl (C=O) groups is 2. The lowest BCUT2D eigenvalue weighted by Gasteiger charge is -2.35. The van der Waals surface area contributed by atoms with Gasteiger partial charge in [0, 0.05) is 42.7 Å². The van der Waals surface area contributed by atoms with Crippen molar-refractivity contribution in [2.24, 2.45) is 5.92 Å². The predicted molar refractivity (Wildman–Crippen MR) is 170 cm³/mol. The highest BCUT2D eigenvalue weighted by Gasteiger charge is 2.31. The molecule has 1 saturated heterocycles. The van der Waals surface area contributed by atoms with E-state index in [2.05, 4.69) is 41.4 Å². The van der Waals surface area contributed by atoms with E-state index in [4.69, 9.17) is 4.98 Å². The molecule has 0 spiro atoms. The van der Waals surface area contributed by atoms with Crippen LogP contribution in [-0.2, 0) is 11.3 Å². The molecule has 0 aliphatic carbocycles. The smallest absolute Gasteiger partial charge is 0.252 e. The molecule has 1 fully saturated rings. The maximum absolute atomic E-state index is 14.4. The second-order valence-corrected chi connectivity index (χ2v) is 11.1. The van der Waals surface area contributed by atoms with Crippen molar-refractivity contribution < 1.29 is 9.59 Å². The Hall–Kier alpha value is -4.03. The zero-order valence-electron chi connectivity index (χ0n) is 25.1. The van der Waals surface area contributed by atoms with Gasteiger partial charge in [0.05, 0.1) is 28.7 Å². The second kappa shape index (κ2) is 13.8. The van der Waals surface area contributed by atoms with Crippen LogP contribution in [0.5, 0.6) is 0 Å². The lowest BCUT2D eigenvalue weighted by molar-refractivity contribution is -0.137. The van der Waals surface area contributed by atoms with Gasteiger partial charge in [-0.05, 0) is 51.3 Å². The first-order chi connectivity index (χ1) is 20.5. The molecule has 0 bridgehead atoms. The third kappa shape index (κ3) is 6.39. The molecule has 1 aliphatic heterocycles. The Balaban J connectivity index is 1.58. The maximum atomic E-state index is 14.4. The molecule has 42 heavy (non-hydrogen) atoms. The van der Waals surface area contributed by atoms with Crippen molar-refractivity contribution in [3.63, 3.8) is 0 Å². The highest BCUT2D eigenvalue weighted by molar-refractivity contribution is 6.09. The summed E-state index contributed by atoms with van der Waals surface area (Å²) in [5.74, 6) is 0.104. The van der Waals surface area contributed by atoms with Gasteiger partial charge in [0.15, 0.2) is 0 Å². The first kappa shape index (κ1) is 29.5. The van der Waals surface area contributed by atoms with Crippen LogP contribution in [0.15, 0.2) is 84.9 Å². The summed E-state index contributed by atoms with van der Waals surface area (Å²) in [4.78, 5) is 37.1. The van der Waals surface area contributed by atoms with E-state index in [-0.39, 0.29) is 23.8 Å². The van der Waals surface area contributed by atoms with Crippen molar-refractivity contribution in [3.05, 3.63) is 102 Å². The van der Waals surface area contributed by atoms with Gasteiger partial charge in [-0.15, -0.1) is 0 Å². The monoisotopic (exact) mass is 562 g/mol. The lowest BCUT2D eigenvalue weighted by atomic mass is 9.92. The largest absolute Gasteiger partial charge is 0.345 e. The molecule has 0 saturated carbocycles. The molecule has 6 nitrogen and oxygen atoms in total. The number of para-hydroxylation sites is 1. The van der Waals surface area contributed by atoms with E-state index in [1.807, 2.05) is 79.4 Å². The van der Waals surface area contributed by atoms with Crippen molar-refractivity contribution >= 4 is 22.7 Å². The Morgan fingerprint density at radius 3 is 2.29 bits per heavy atom. The molecule has 5 rings (SSSR count). The molecule has 1 N–H and O–H groups in total. The lowest BCUT2D eigenvalue weighted by Crippen LogP contribution is -2.44. The van der Waals surface area contributed by atoms with E-state index in [1.54, 1.807) is 0 Å². The van der Waals surface area contributed by atoms with E-state index >= 15 is 0 Å². The summed E-state index contributed by atoms with van der Waals surface area (Å²) in [6, 6.07) is 28.1. The number of likely N-dealkylation sites (tertiary alicyclic amines) is 1. The molecular formula is C36H42N4O2. The zero-order chi connectivity index (χ0) is 29.5. The fourth-order valence-corrected chi connectivity index (χ4v) is 6.25. The quantitative estimate of drug-likeness (QED) is 0.229. The zero-order valence-corrected chi connectivity index (χ0v) is 25.1. The van der Waals surface area contributed by atoms with Crippen LogP contribution < -0.4 is 5.32 Å². The van der Waals surface area contributed by atoms with Crippen LogP contribution in [0.4, 0.5) is 0 Å². The van der Waals surface area contributed by atoms with E-state index in [1.165, 1.54) is 0 Å². The maximum Gasteiger partial charge on any atom is 0.252 e. The molecule has 1 aromatic heterocycles. The minimum absolute atomic E-state index is 0.0351. The number of hydrogen-bond donors (Lipinski definition) is 1. The average Bonchev–Trinajstić information content (AvgIpc) is 3.04.